The summed E-state index contributed by atoms with van der Waals surface area (Å²) in [6.45, 7) is 0. The Balaban J connectivity index is 1.89. The molecule has 0 aliphatic rings. The summed E-state index contributed by atoms with van der Waals surface area (Å²) in [7, 11) is 0. The number of aromatic amines is 1. The minimum atomic E-state index is -0.427. The van der Waals surface area contributed by atoms with Gasteiger partial charge in [-0.1, -0.05) is 35.3 Å². The highest BCUT2D eigenvalue weighted by Gasteiger charge is 2.15. The molecule has 24 heavy (non-hydrogen) atoms. The fourth-order valence-corrected chi connectivity index (χ4v) is 3.35. The van der Waals surface area contributed by atoms with E-state index in [0.717, 1.165) is 9.13 Å². The lowest BCUT2D eigenvalue weighted by Gasteiger charge is -2.06. The molecular formula is C17H13Cl2IN2O2. The first-order valence-electron chi connectivity index (χ1n) is 7.18. The van der Waals surface area contributed by atoms with E-state index in [2.05, 4.69) is 27.6 Å². The number of aryl methyl sites for hydroxylation is 2. The SMILES string of the molecule is O=c1[nH]c(CCc2ccc(I)cc2)c(O)n1-c1cc(Cl)cc(Cl)c1. The number of imidazole rings is 1. The van der Waals surface area contributed by atoms with Crippen molar-refractivity contribution in [2.75, 3.05) is 0 Å². The van der Waals surface area contributed by atoms with E-state index in [1.165, 1.54) is 4.57 Å². The molecule has 7 heteroatoms. The average molecular weight is 475 g/mol. The fraction of sp³-hybridized carbons (Fsp3) is 0.118. The highest BCUT2D eigenvalue weighted by Crippen LogP contribution is 2.25. The first-order chi connectivity index (χ1) is 11.4. The number of hydrogen-bond donors (Lipinski definition) is 2. The second-order valence-corrected chi connectivity index (χ2v) is 7.44. The minimum Gasteiger partial charge on any atom is -0.493 e. The normalized spacial score (nSPS) is 11.0. The molecule has 0 aliphatic heterocycles. The molecule has 2 N–H and O–H groups in total. The molecule has 0 fully saturated rings. The summed E-state index contributed by atoms with van der Waals surface area (Å²) in [5.41, 5.74) is 1.61. The molecule has 2 aromatic carbocycles. The molecular weight excluding hydrogens is 462 g/mol. The molecule has 0 amide bonds. The lowest BCUT2D eigenvalue weighted by atomic mass is 10.1. The molecule has 0 saturated carbocycles. The Bertz CT molecular complexity index is 913. The number of hydrogen-bond acceptors (Lipinski definition) is 2. The largest absolute Gasteiger partial charge is 0.493 e. The van der Waals surface area contributed by atoms with Gasteiger partial charge in [-0.3, -0.25) is 0 Å². The van der Waals surface area contributed by atoms with Gasteiger partial charge in [-0.15, -0.1) is 0 Å². The third kappa shape index (κ3) is 3.79. The van der Waals surface area contributed by atoms with Crippen LogP contribution in [0.25, 0.3) is 5.69 Å². The maximum absolute atomic E-state index is 12.2. The summed E-state index contributed by atoms with van der Waals surface area (Å²) >= 11 is 14.2. The van der Waals surface area contributed by atoms with E-state index in [1.807, 2.05) is 24.3 Å². The van der Waals surface area contributed by atoms with Gasteiger partial charge in [-0.2, -0.15) is 0 Å². The second-order valence-electron chi connectivity index (χ2n) is 5.32. The first-order valence-corrected chi connectivity index (χ1v) is 9.01. The molecule has 3 aromatic rings. The van der Waals surface area contributed by atoms with Crippen molar-refractivity contribution in [3.8, 4) is 11.6 Å². The van der Waals surface area contributed by atoms with Crippen LogP contribution in [-0.2, 0) is 12.8 Å². The standard InChI is InChI=1S/C17H13Cl2IN2O2/c18-11-7-12(19)9-14(8-11)22-16(23)15(21-17(22)24)6-3-10-1-4-13(20)5-2-10/h1-2,4-5,7-9,23H,3,6H2,(H,21,24). The molecule has 0 unspecified atom stereocenters. The van der Waals surface area contributed by atoms with E-state index in [0.29, 0.717) is 34.3 Å². The average Bonchev–Trinajstić information content (AvgIpc) is 2.80. The van der Waals surface area contributed by atoms with Gasteiger partial charge in [0.1, 0.15) is 0 Å². The molecule has 4 nitrogen and oxygen atoms in total. The van der Waals surface area contributed by atoms with Crippen LogP contribution in [0.1, 0.15) is 11.3 Å². The number of aromatic nitrogens is 2. The molecule has 1 aromatic heterocycles. The van der Waals surface area contributed by atoms with Gasteiger partial charge in [0.25, 0.3) is 0 Å². The third-order valence-corrected chi connectivity index (χ3v) is 4.78. The summed E-state index contributed by atoms with van der Waals surface area (Å²) < 4.78 is 2.33. The summed E-state index contributed by atoms with van der Waals surface area (Å²) in [5.74, 6) is -0.121. The monoisotopic (exact) mass is 474 g/mol. The van der Waals surface area contributed by atoms with E-state index in [4.69, 9.17) is 23.2 Å². The van der Waals surface area contributed by atoms with Gasteiger partial charge in [-0.25, -0.2) is 9.36 Å². The van der Waals surface area contributed by atoms with Gasteiger partial charge >= 0.3 is 5.69 Å². The summed E-state index contributed by atoms with van der Waals surface area (Å²) in [4.78, 5) is 14.9. The predicted molar refractivity (Wildman–Crippen MR) is 105 cm³/mol. The molecule has 0 saturated heterocycles. The zero-order valence-electron chi connectivity index (χ0n) is 12.4. The summed E-state index contributed by atoms with van der Waals surface area (Å²) in [6.07, 6.45) is 1.23. The number of aromatic hydroxyl groups is 1. The highest BCUT2D eigenvalue weighted by molar-refractivity contribution is 14.1. The van der Waals surface area contributed by atoms with Gasteiger partial charge in [0.2, 0.25) is 5.88 Å². The van der Waals surface area contributed by atoms with Gasteiger partial charge in [0.15, 0.2) is 0 Å². The van der Waals surface area contributed by atoms with E-state index in [1.54, 1.807) is 18.2 Å². The Morgan fingerprint density at radius 1 is 1.04 bits per heavy atom. The van der Waals surface area contributed by atoms with Crippen LogP contribution < -0.4 is 5.69 Å². The van der Waals surface area contributed by atoms with Gasteiger partial charge in [-0.05, 0) is 71.3 Å². The maximum Gasteiger partial charge on any atom is 0.333 e. The topological polar surface area (TPSA) is 58.0 Å². The zero-order chi connectivity index (χ0) is 17.3. The van der Waals surface area contributed by atoms with Crippen LogP contribution in [0.3, 0.4) is 0 Å². The first kappa shape index (κ1) is 17.4. The third-order valence-electron chi connectivity index (χ3n) is 3.63. The van der Waals surface area contributed by atoms with E-state index in [9.17, 15) is 9.90 Å². The highest BCUT2D eigenvalue weighted by atomic mass is 127. The Morgan fingerprint density at radius 2 is 1.67 bits per heavy atom. The minimum absolute atomic E-state index is 0.121. The Labute approximate surface area is 162 Å². The second kappa shape index (κ2) is 7.21. The molecule has 3 rings (SSSR count). The lowest BCUT2D eigenvalue weighted by molar-refractivity contribution is 0.434. The van der Waals surface area contributed by atoms with E-state index < -0.39 is 5.69 Å². The molecule has 0 atom stereocenters. The molecule has 0 bridgehead atoms. The number of nitrogens with one attached hydrogen (secondary N) is 1. The zero-order valence-corrected chi connectivity index (χ0v) is 16.1. The molecule has 0 aliphatic carbocycles. The van der Waals surface area contributed by atoms with Crippen LogP contribution in [-0.4, -0.2) is 14.7 Å². The predicted octanol–water partition coefficient (Wildman–Crippen LogP) is 4.57. The number of H-pyrrole nitrogens is 1. The Morgan fingerprint density at radius 3 is 2.29 bits per heavy atom. The van der Waals surface area contributed by atoms with Crippen LogP contribution in [0.4, 0.5) is 0 Å². The van der Waals surface area contributed by atoms with Crippen molar-refractivity contribution in [3.05, 3.63) is 77.8 Å². The van der Waals surface area contributed by atoms with Gasteiger partial charge < -0.3 is 10.1 Å². The van der Waals surface area contributed by atoms with Crippen LogP contribution in [0.5, 0.6) is 5.88 Å². The van der Waals surface area contributed by atoms with Gasteiger partial charge in [0.05, 0.1) is 11.4 Å². The van der Waals surface area contributed by atoms with Gasteiger partial charge in [0, 0.05) is 13.6 Å². The Kier molecular flexibility index (Phi) is 5.22. The smallest absolute Gasteiger partial charge is 0.333 e. The molecule has 0 spiro atoms. The van der Waals surface area contributed by atoms with Crippen molar-refractivity contribution in [2.24, 2.45) is 0 Å². The number of rotatable bonds is 4. The summed E-state index contributed by atoms with van der Waals surface area (Å²) in [5, 5.41) is 11.2. The molecule has 124 valence electrons. The van der Waals surface area contributed by atoms with Crippen molar-refractivity contribution in [1.29, 1.82) is 0 Å². The van der Waals surface area contributed by atoms with Crippen LogP contribution >= 0.6 is 45.8 Å². The quantitative estimate of drug-likeness (QED) is 0.544. The summed E-state index contributed by atoms with van der Waals surface area (Å²) in [6, 6.07) is 12.8. The maximum atomic E-state index is 12.2. The Hall–Kier alpha value is -1.44. The van der Waals surface area contributed by atoms with Crippen molar-refractivity contribution in [1.82, 2.24) is 9.55 Å². The number of halogens is 3. The van der Waals surface area contributed by atoms with Crippen molar-refractivity contribution < 1.29 is 5.11 Å². The number of nitrogens with zero attached hydrogens (tertiary/aromatic N) is 1. The van der Waals surface area contributed by atoms with E-state index in [-0.39, 0.29) is 5.88 Å². The molecule has 0 radical (unpaired) electrons. The lowest BCUT2D eigenvalue weighted by Crippen LogP contribution is -2.14. The van der Waals surface area contributed by atoms with Crippen molar-refractivity contribution in [3.63, 3.8) is 0 Å². The number of benzene rings is 2. The fourth-order valence-electron chi connectivity index (χ4n) is 2.47. The molecule has 1 heterocycles. The van der Waals surface area contributed by atoms with E-state index >= 15 is 0 Å². The van der Waals surface area contributed by atoms with Crippen LogP contribution in [0.2, 0.25) is 10.0 Å². The van der Waals surface area contributed by atoms with Crippen LogP contribution in [0.15, 0.2) is 47.3 Å². The van der Waals surface area contributed by atoms with Crippen molar-refractivity contribution >= 4 is 45.8 Å². The van der Waals surface area contributed by atoms with Crippen molar-refractivity contribution in [2.45, 2.75) is 12.8 Å². The van der Waals surface area contributed by atoms with Crippen LogP contribution in [0, 0.1) is 3.57 Å².